The van der Waals surface area contributed by atoms with Gasteiger partial charge in [-0.05, 0) is 43.5 Å². The molecule has 1 aliphatic carbocycles. The van der Waals surface area contributed by atoms with Gasteiger partial charge in [-0.3, -0.25) is 5.10 Å². The van der Waals surface area contributed by atoms with Crippen LogP contribution < -0.4 is 4.74 Å². The summed E-state index contributed by atoms with van der Waals surface area (Å²) >= 11 is 7.34. The monoisotopic (exact) mass is 372 g/mol. The van der Waals surface area contributed by atoms with Crippen molar-refractivity contribution in [2.24, 2.45) is 0 Å². The molecule has 4 aromatic rings. The molecule has 1 aliphatic rings. The van der Waals surface area contributed by atoms with E-state index >= 15 is 0 Å². The Hall–Kier alpha value is -2.45. The summed E-state index contributed by atoms with van der Waals surface area (Å²) in [6, 6.07) is 7.26. The van der Waals surface area contributed by atoms with Crippen LogP contribution in [-0.2, 0) is 19.4 Å². The number of halogens is 1. The second-order valence-electron chi connectivity index (χ2n) is 5.84. The van der Waals surface area contributed by atoms with Crippen molar-refractivity contribution in [2.75, 3.05) is 0 Å². The maximum absolute atomic E-state index is 5.88. The Balaban J connectivity index is 1.42. The largest absolute Gasteiger partial charge is 0.486 e. The molecule has 0 fully saturated rings. The van der Waals surface area contributed by atoms with Crippen molar-refractivity contribution in [3.8, 4) is 17.3 Å². The first-order valence-corrected chi connectivity index (χ1v) is 9.13. The van der Waals surface area contributed by atoms with Crippen molar-refractivity contribution in [3.63, 3.8) is 0 Å². The Labute approximate surface area is 151 Å². The minimum atomic E-state index is 0.369. The van der Waals surface area contributed by atoms with E-state index in [0.29, 0.717) is 17.5 Å². The Morgan fingerprint density at radius 3 is 2.96 bits per heavy atom. The second-order valence-corrected chi connectivity index (χ2v) is 7.32. The van der Waals surface area contributed by atoms with Gasteiger partial charge in [0.1, 0.15) is 18.1 Å². The number of aryl methyl sites for hydroxylation is 1. The first-order valence-electron chi connectivity index (χ1n) is 7.94. The van der Waals surface area contributed by atoms with Gasteiger partial charge in [0, 0.05) is 16.3 Å². The minimum Gasteiger partial charge on any atom is -0.486 e. The highest BCUT2D eigenvalue weighted by Crippen LogP contribution is 2.30. The highest BCUT2D eigenvalue weighted by Gasteiger charge is 2.24. The van der Waals surface area contributed by atoms with E-state index in [4.69, 9.17) is 16.3 Å². The van der Waals surface area contributed by atoms with Gasteiger partial charge >= 0.3 is 0 Å². The predicted molar refractivity (Wildman–Crippen MR) is 94.0 cm³/mol. The number of aromatic amines is 1. The van der Waals surface area contributed by atoms with E-state index in [2.05, 4.69) is 25.5 Å². The van der Waals surface area contributed by atoms with Gasteiger partial charge in [-0.15, -0.1) is 10.2 Å². The third-order valence-corrected chi connectivity index (χ3v) is 5.35. The number of rotatable bonds is 4. The number of ether oxygens (including phenoxy) is 1. The molecule has 7 nitrogen and oxygen atoms in total. The molecule has 0 spiro atoms. The molecule has 0 saturated heterocycles. The standard InChI is InChI=1S/C16H13ClN6OS/c17-9-4-6-10(7-5-9)24-8-13-22-23-15(20-21-16(23)25-13)14-11-2-1-3-12(11)18-19-14/h4-7H,1-3,8H2,(H,18,19). The van der Waals surface area contributed by atoms with E-state index in [-0.39, 0.29) is 0 Å². The topological polar surface area (TPSA) is 81.0 Å². The van der Waals surface area contributed by atoms with Gasteiger partial charge in [0.2, 0.25) is 10.8 Å². The fourth-order valence-corrected chi connectivity index (χ4v) is 3.92. The summed E-state index contributed by atoms with van der Waals surface area (Å²) in [5.41, 5.74) is 3.30. The minimum absolute atomic E-state index is 0.369. The zero-order valence-electron chi connectivity index (χ0n) is 13.1. The van der Waals surface area contributed by atoms with Crippen LogP contribution in [0.5, 0.6) is 5.75 Å². The highest BCUT2D eigenvalue weighted by molar-refractivity contribution is 7.16. The predicted octanol–water partition coefficient (Wildman–Crippen LogP) is 3.30. The number of nitrogens with zero attached hydrogens (tertiary/aromatic N) is 5. The number of hydrogen-bond acceptors (Lipinski definition) is 6. The van der Waals surface area contributed by atoms with Crippen molar-refractivity contribution in [2.45, 2.75) is 25.9 Å². The molecule has 0 radical (unpaired) electrons. The van der Waals surface area contributed by atoms with Crippen LogP contribution in [0.3, 0.4) is 0 Å². The van der Waals surface area contributed by atoms with E-state index in [1.54, 1.807) is 16.6 Å². The molecule has 0 bridgehead atoms. The molecule has 9 heteroatoms. The van der Waals surface area contributed by atoms with Crippen LogP contribution in [0.15, 0.2) is 24.3 Å². The molecule has 3 aromatic heterocycles. The third kappa shape index (κ3) is 2.58. The Bertz CT molecular complexity index is 1050. The van der Waals surface area contributed by atoms with Crippen LogP contribution in [0.4, 0.5) is 0 Å². The lowest BCUT2D eigenvalue weighted by molar-refractivity contribution is 0.304. The molecular formula is C16H13ClN6OS. The molecule has 0 unspecified atom stereocenters. The van der Waals surface area contributed by atoms with Gasteiger partial charge in [-0.1, -0.05) is 22.9 Å². The van der Waals surface area contributed by atoms with Crippen molar-refractivity contribution in [1.29, 1.82) is 0 Å². The summed E-state index contributed by atoms with van der Waals surface area (Å²) in [7, 11) is 0. The van der Waals surface area contributed by atoms with Crippen LogP contribution in [0.25, 0.3) is 16.5 Å². The Morgan fingerprint density at radius 1 is 1.20 bits per heavy atom. The fraction of sp³-hybridized carbons (Fsp3) is 0.250. The van der Waals surface area contributed by atoms with Gasteiger partial charge in [0.15, 0.2) is 5.01 Å². The van der Waals surface area contributed by atoms with E-state index < -0.39 is 0 Å². The summed E-state index contributed by atoms with van der Waals surface area (Å²) < 4.78 is 7.51. The Kier molecular flexibility index (Phi) is 3.46. The van der Waals surface area contributed by atoms with E-state index in [0.717, 1.165) is 40.7 Å². The number of fused-ring (bicyclic) bond motifs is 2. The lowest BCUT2D eigenvalue weighted by Gasteiger charge is -2.03. The molecule has 1 aromatic carbocycles. The van der Waals surface area contributed by atoms with Crippen LogP contribution in [0.1, 0.15) is 22.7 Å². The zero-order chi connectivity index (χ0) is 16.8. The molecule has 1 N–H and O–H groups in total. The zero-order valence-corrected chi connectivity index (χ0v) is 14.6. The number of aromatic nitrogens is 6. The quantitative estimate of drug-likeness (QED) is 0.594. The molecule has 25 heavy (non-hydrogen) atoms. The molecule has 126 valence electrons. The van der Waals surface area contributed by atoms with Gasteiger partial charge in [0.05, 0.1) is 0 Å². The molecule has 5 rings (SSSR count). The number of H-pyrrole nitrogens is 1. The van der Waals surface area contributed by atoms with Crippen molar-refractivity contribution >= 4 is 27.9 Å². The van der Waals surface area contributed by atoms with Gasteiger partial charge < -0.3 is 4.74 Å². The lowest BCUT2D eigenvalue weighted by atomic mass is 10.2. The summed E-state index contributed by atoms with van der Waals surface area (Å²) in [4.78, 5) is 0.736. The molecule has 3 heterocycles. The normalized spacial score (nSPS) is 13.5. The maximum atomic E-state index is 5.88. The molecular weight excluding hydrogens is 360 g/mol. The first-order chi connectivity index (χ1) is 12.3. The summed E-state index contributed by atoms with van der Waals surface area (Å²) in [5, 5.41) is 22.1. The van der Waals surface area contributed by atoms with E-state index in [9.17, 15) is 0 Å². The average Bonchev–Trinajstić information content (AvgIpc) is 3.35. The maximum Gasteiger partial charge on any atom is 0.235 e. The summed E-state index contributed by atoms with van der Waals surface area (Å²) in [5.74, 6) is 1.43. The second kappa shape index (κ2) is 5.82. The average molecular weight is 373 g/mol. The Morgan fingerprint density at radius 2 is 2.08 bits per heavy atom. The van der Waals surface area contributed by atoms with Crippen molar-refractivity contribution < 1.29 is 4.74 Å². The smallest absolute Gasteiger partial charge is 0.235 e. The lowest BCUT2D eigenvalue weighted by Crippen LogP contribution is -1.98. The first kappa shape index (κ1) is 14.9. The third-order valence-electron chi connectivity index (χ3n) is 4.23. The van der Waals surface area contributed by atoms with E-state index in [1.165, 1.54) is 22.6 Å². The molecule has 0 saturated carbocycles. The van der Waals surface area contributed by atoms with Crippen LogP contribution in [0, 0.1) is 0 Å². The summed E-state index contributed by atoms with van der Waals surface area (Å²) in [6.07, 6.45) is 3.21. The highest BCUT2D eigenvalue weighted by atomic mass is 35.5. The molecule has 0 aliphatic heterocycles. The van der Waals surface area contributed by atoms with Crippen molar-refractivity contribution in [1.82, 2.24) is 30.0 Å². The SMILES string of the molecule is Clc1ccc(OCc2nn3c(-c4n[nH]c5c4CCC5)nnc3s2)cc1. The van der Waals surface area contributed by atoms with Crippen molar-refractivity contribution in [3.05, 3.63) is 45.6 Å². The van der Waals surface area contributed by atoms with Crippen LogP contribution >= 0.6 is 22.9 Å². The number of nitrogens with one attached hydrogen (secondary N) is 1. The van der Waals surface area contributed by atoms with Crippen LogP contribution in [0.2, 0.25) is 5.02 Å². The van der Waals surface area contributed by atoms with Gasteiger partial charge in [-0.25, -0.2) is 0 Å². The number of hydrogen-bond donors (Lipinski definition) is 1. The van der Waals surface area contributed by atoms with Crippen LogP contribution in [-0.4, -0.2) is 30.0 Å². The van der Waals surface area contributed by atoms with Gasteiger partial charge in [-0.2, -0.15) is 14.7 Å². The molecule has 0 amide bonds. The fourth-order valence-electron chi connectivity index (χ4n) is 3.04. The summed E-state index contributed by atoms with van der Waals surface area (Å²) in [6.45, 7) is 0.369. The number of benzene rings is 1. The van der Waals surface area contributed by atoms with E-state index in [1.807, 2.05) is 12.1 Å². The van der Waals surface area contributed by atoms with Gasteiger partial charge in [0.25, 0.3) is 0 Å². The molecule has 0 atom stereocenters.